The first-order valence-electron chi connectivity index (χ1n) is 6.25. The maximum Gasteiger partial charge on any atom is 0.306 e. The summed E-state index contributed by atoms with van der Waals surface area (Å²) in [5, 5.41) is 11.4. The van der Waals surface area contributed by atoms with Crippen molar-refractivity contribution < 1.29 is 24.2 Å². The third-order valence-corrected chi connectivity index (χ3v) is 2.82. The molecule has 0 aliphatic rings. The largest absolute Gasteiger partial charge is 0.481 e. The van der Waals surface area contributed by atoms with E-state index in [0.717, 1.165) is 0 Å². The van der Waals surface area contributed by atoms with Gasteiger partial charge in [-0.2, -0.15) is 0 Å². The number of nitrogens with one attached hydrogen (secondary N) is 1. The number of carbonyl (C=O) groups is 2. The Bertz CT molecular complexity index is 444. The summed E-state index contributed by atoms with van der Waals surface area (Å²) in [5.74, 6) is -1.23. The monoisotopic (exact) mass is 284 g/mol. The third-order valence-electron chi connectivity index (χ3n) is 2.82. The van der Waals surface area contributed by atoms with Gasteiger partial charge < -0.3 is 24.5 Å². The van der Waals surface area contributed by atoms with Gasteiger partial charge in [0, 0.05) is 33.5 Å². The fourth-order valence-corrected chi connectivity index (χ4v) is 1.74. The number of nitrogens with zero attached hydrogens (tertiary/aromatic N) is 1. The molecule has 0 aromatic carbocycles. The fraction of sp³-hybridized carbons (Fsp3) is 0.538. The summed E-state index contributed by atoms with van der Waals surface area (Å²) in [5.41, 5.74) is 0.507. The lowest BCUT2D eigenvalue weighted by atomic mass is 10.2. The number of methoxy groups -OCH3 is 2. The predicted molar refractivity (Wildman–Crippen MR) is 71.7 cm³/mol. The number of carboxylic acid groups (broad SMARTS) is 1. The van der Waals surface area contributed by atoms with Crippen molar-refractivity contribution in [3.05, 3.63) is 24.0 Å². The van der Waals surface area contributed by atoms with Crippen molar-refractivity contribution in [3.63, 3.8) is 0 Å². The van der Waals surface area contributed by atoms with E-state index in [9.17, 15) is 9.59 Å². The van der Waals surface area contributed by atoms with Crippen LogP contribution in [0.2, 0.25) is 0 Å². The van der Waals surface area contributed by atoms with Gasteiger partial charge in [-0.1, -0.05) is 0 Å². The molecule has 0 radical (unpaired) electrons. The molecule has 7 heteroatoms. The molecule has 2 N–H and O–H groups in total. The van der Waals surface area contributed by atoms with Crippen molar-refractivity contribution in [2.75, 3.05) is 27.4 Å². The second kappa shape index (κ2) is 8.34. The number of rotatable bonds is 9. The molecule has 1 amide bonds. The van der Waals surface area contributed by atoms with Crippen molar-refractivity contribution in [2.24, 2.45) is 0 Å². The molecule has 0 spiro atoms. The van der Waals surface area contributed by atoms with Crippen LogP contribution < -0.4 is 5.32 Å². The summed E-state index contributed by atoms with van der Waals surface area (Å²) >= 11 is 0. The van der Waals surface area contributed by atoms with E-state index in [-0.39, 0.29) is 18.9 Å². The van der Waals surface area contributed by atoms with Crippen LogP contribution in [0.4, 0.5) is 0 Å². The molecule has 0 aliphatic carbocycles. The zero-order chi connectivity index (χ0) is 15.0. The molecular formula is C13H20N2O5. The van der Waals surface area contributed by atoms with Crippen LogP contribution in [0.3, 0.4) is 0 Å². The Labute approximate surface area is 117 Å². The molecule has 1 unspecified atom stereocenters. The van der Waals surface area contributed by atoms with Crippen LogP contribution in [0.1, 0.15) is 16.9 Å². The third kappa shape index (κ3) is 5.02. The van der Waals surface area contributed by atoms with Gasteiger partial charge in [-0.05, 0) is 12.1 Å². The average molecular weight is 284 g/mol. The van der Waals surface area contributed by atoms with Crippen LogP contribution in [0, 0.1) is 0 Å². The number of hydrogen-bond donors (Lipinski definition) is 2. The zero-order valence-electron chi connectivity index (χ0n) is 11.7. The lowest BCUT2D eigenvalue weighted by Gasteiger charge is -2.14. The first-order valence-corrected chi connectivity index (χ1v) is 6.25. The minimum atomic E-state index is -0.963. The van der Waals surface area contributed by atoms with E-state index in [1.807, 2.05) is 0 Å². The highest BCUT2D eigenvalue weighted by molar-refractivity contribution is 5.92. The molecule has 0 saturated heterocycles. The van der Waals surface area contributed by atoms with Gasteiger partial charge in [-0.3, -0.25) is 9.59 Å². The van der Waals surface area contributed by atoms with E-state index in [2.05, 4.69) is 5.32 Å². The summed E-state index contributed by atoms with van der Waals surface area (Å²) in [7, 11) is 3.01. The van der Waals surface area contributed by atoms with E-state index in [1.54, 1.807) is 30.0 Å². The lowest BCUT2D eigenvalue weighted by molar-refractivity contribution is -0.139. The minimum absolute atomic E-state index is 0.150. The van der Waals surface area contributed by atoms with Gasteiger partial charge in [-0.25, -0.2) is 0 Å². The summed E-state index contributed by atoms with van der Waals surface area (Å²) in [6.07, 6.45) is 1.10. The molecule has 1 heterocycles. The summed E-state index contributed by atoms with van der Waals surface area (Å²) < 4.78 is 11.7. The Morgan fingerprint density at radius 2 is 2.20 bits per heavy atom. The van der Waals surface area contributed by atoms with E-state index in [1.165, 1.54) is 7.11 Å². The smallest absolute Gasteiger partial charge is 0.306 e. The molecule has 0 bridgehead atoms. The second-order valence-corrected chi connectivity index (χ2v) is 4.25. The Hall–Kier alpha value is -1.86. The summed E-state index contributed by atoms with van der Waals surface area (Å²) in [4.78, 5) is 22.6. The molecule has 1 aromatic heterocycles. The maximum absolute atomic E-state index is 12.0. The average Bonchev–Trinajstić information content (AvgIpc) is 2.88. The van der Waals surface area contributed by atoms with Gasteiger partial charge in [0.2, 0.25) is 0 Å². The number of carboxylic acids is 1. The van der Waals surface area contributed by atoms with E-state index >= 15 is 0 Å². The van der Waals surface area contributed by atoms with Crippen molar-refractivity contribution in [1.29, 1.82) is 0 Å². The number of hydrogen-bond acceptors (Lipinski definition) is 4. The van der Waals surface area contributed by atoms with Crippen LogP contribution in [0.25, 0.3) is 0 Å². The number of carbonyl (C=O) groups excluding carboxylic acids is 1. The first-order chi connectivity index (χ1) is 9.58. The number of aliphatic carboxylic acids is 1. The predicted octanol–water partition coefficient (Wildman–Crippen LogP) is 0.354. The van der Waals surface area contributed by atoms with Gasteiger partial charge in [0.1, 0.15) is 5.69 Å². The fourth-order valence-electron chi connectivity index (χ4n) is 1.74. The lowest BCUT2D eigenvalue weighted by Crippen LogP contribution is -2.35. The van der Waals surface area contributed by atoms with Gasteiger partial charge in [0.15, 0.2) is 0 Å². The molecule has 0 aliphatic heterocycles. The quantitative estimate of drug-likeness (QED) is 0.683. The molecule has 7 nitrogen and oxygen atoms in total. The van der Waals surface area contributed by atoms with Crippen molar-refractivity contribution in [2.45, 2.75) is 19.1 Å². The van der Waals surface area contributed by atoms with Crippen LogP contribution >= 0.6 is 0 Å². The molecule has 1 atom stereocenters. The van der Waals surface area contributed by atoms with Crippen LogP contribution in [0.15, 0.2) is 18.3 Å². The molecule has 1 rings (SSSR count). The normalized spacial score (nSPS) is 12.1. The van der Waals surface area contributed by atoms with Gasteiger partial charge in [0.05, 0.1) is 19.1 Å². The maximum atomic E-state index is 12.0. The standard InChI is InChI=1S/C13H20N2O5/c1-19-7-6-15-5-3-4-11(15)13(18)14-9-10(20-2)8-12(16)17/h3-5,10H,6-9H2,1-2H3,(H,14,18)(H,16,17). The topological polar surface area (TPSA) is 89.8 Å². The van der Waals surface area contributed by atoms with E-state index < -0.39 is 12.1 Å². The molecule has 112 valence electrons. The van der Waals surface area contributed by atoms with Gasteiger partial charge in [-0.15, -0.1) is 0 Å². The highest BCUT2D eigenvalue weighted by Crippen LogP contribution is 2.03. The molecular weight excluding hydrogens is 264 g/mol. The van der Waals surface area contributed by atoms with E-state index in [4.69, 9.17) is 14.6 Å². The Morgan fingerprint density at radius 3 is 2.80 bits per heavy atom. The minimum Gasteiger partial charge on any atom is -0.481 e. The van der Waals surface area contributed by atoms with Crippen molar-refractivity contribution in [1.82, 2.24) is 9.88 Å². The molecule has 0 saturated carbocycles. The number of aromatic nitrogens is 1. The van der Waals surface area contributed by atoms with Crippen molar-refractivity contribution >= 4 is 11.9 Å². The highest BCUT2D eigenvalue weighted by atomic mass is 16.5. The van der Waals surface area contributed by atoms with Crippen LogP contribution in [0.5, 0.6) is 0 Å². The van der Waals surface area contributed by atoms with Gasteiger partial charge >= 0.3 is 5.97 Å². The summed E-state index contributed by atoms with van der Waals surface area (Å²) in [6, 6.07) is 3.47. The number of amides is 1. The number of ether oxygens (including phenoxy) is 2. The Balaban J connectivity index is 2.53. The Kier molecular flexibility index (Phi) is 6.75. The first kappa shape index (κ1) is 16.2. The van der Waals surface area contributed by atoms with Crippen LogP contribution in [-0.2, 0) is 20.8 Å². The molecule has 20 heavy (non-hydrogen) atoms. The summed E-state index contributed by atoms with van der Waals surface area (Å²) in [6.45, 7) is 1.24. The SMILES string of the molecule is COCCn1cccc1C(=O)NCC(CC(=O)O)OC. The van der Waals surface area contributed by atoms with E-state index in [0.29, 0.717) is 18.8 Å². The van der Waals surface area contributed by atoms with Crippen molar-refractivity contribution in [3.8, 4) is 0 Å². The molecule has 0 fully saturated rings. The zero-order valence-corrected chi connectivity index (χ0v) is 11.7. The van der Waals surface area contributed by atoms with Gasteiger partial charge in [0.25, 0.3) is 5.91 Å². The Morgan fingerprint density at radius 1 is 1.45 bits per heavy atom. The highest BCUT2D eigenvalue weighted by Gasteiger charge is 2.15. The molecule has 1 aromatic rings. The van der Waals surface area contributed by atoms with Crippen LogP contribution in [-0.4, -0.2) is 55.0 Å². The second-order valence-electron chi connectivity index (χ2n) is 4.25.